The van der Waals surface area contributed by atoms with Crippen molar-refractivity contribution in [1.82, 2.24) is 10.6 Å². The van der Waals surface area contributed by atoms with Crippen LogP contribution in [-0.2, 0) is 0 Å². The molecule has 0 aromatic rings. The molecular weight excluding hydrogens is 216 g/mol. The molecule has 4 heteroatoms. The Bertz CT molecular complexity index is 256. The molecule has 2 fully saturated rings. The van der Waals surface area contributed by atoms with Gasteiger partial charge in [-0.05, 0) is 25.7 Å². The Hall–Kier alpha value is -0.770. The van der Waals surface area contributed by atoms with Gasteiger partial charge in [0.05, 0.1) is 5.60 Å². The fourth-order valence-corrected chi connectivity index (χ4v) is 2.94. The van der Waals surface area contributed by atoms with Crippen molar-refractivity contribution in [1.29, 1.82) is 0 Å². The Morgan fingerprint density at radius 1 is 1.12 bits per heavy atom. The lowest BCUT2D eigenvalue weighted by molar-refractivity contribution is 0.00713. The van der Waals surface area contributed by atoms with Crippen LogP contribution in [0.2, 0.25) is 0 Å². The first-order valence-electron chi connectivity index (χ1n) is 6.95. The van der Waals surface area contributed by atoms with E-state index in [1.54, 1.807) is 0 Å². The zero-order chi connectivity index (χ0) is 12.1. The molecule has 0 aliphatic heterocycles. The number of nitrogens with one attached hydrogen (secondary N) is 2. The van der Waals surface area contributed by atoms with Crippen molar-refractivity contribution in [3.8, 4) is 0 Å². The highest BCUT2D eigenvalue weighted by Gasteiger charge is 2.29. The van der Waals surface area contributed by atoms with E-state index in [2.05, 4.69) is 10.6 Å². The van der Waals surface area contributed by atoms with Gasteiger partial charge in [0.25, 0.3) is 0 Å². The number of aliphatic hydroxyl groups is 1. The first-order valence-corrected chi connectivity index (χ1v) is 6.95. The molecular formula is C13H24N2O2. The van der Waals surface area contributed by atoms with Gasteiger partial charge >= 0.3 is 6.03 Å². The van der Waals surface area contributed by atoms with E-state index in [9.17, 15) is 9.90 Å². The summed E-state index contributed by atoms with van der Waals surface area (Å²) in [7, 11) is 0. The van der Waals surface area contributed by atoms with E-state index in [4.69, 9.17) is 0 Å². The zero-order valence-corrected chi connectivity index (χ0v) is 10.5. The molecule has 0 radical (unpaired) electrons. The van der Waals surface area contributed by atoms with Crippen LogP contribution in [0.1, 0.15) is 57.8 Å². The van der Waals surface area contributed by atoms with Crippen molar-refractivity contribution >= 4 is 6.03 Å². The monoisotopic (exact) mass is 240 g/mol. The van der Waals surface area contributed by atoms with Crippen molar-refractivity contribution in [3.63, 3.8) is 0 Å². The standard InChI is InChI=1S/C13H24N2O2/c16-12(15-11-6-2-3-7-11)14-10-13(17)8-4-1-5-9-13/h11,17H,1-10H2,(H2,14,15,16). The molecule has 2 rings (SSSR count). The molecule has 2 aliphatic rings. The minimum Gasteiger partial charge on any atom is -0.388 e. The number of amides is 2. The average molecular weight is 240 g/mol. The molecule has 0 aromatic heterocycles. The Balaban J connectivity index is 1.67. The van der Waals surface area contributed by atoms with Gasteiger partial charge in [-0.2, -0.15) is 0 Å². The van der Waals surface area contributed by atoms with E-state index in [-0.39, 0.29) is 6.03 Å². The lowest BCUT2D eigenvalue weighted by atomic mass is 9.85. The summed E-state index contributed by atoms with van der Waals surface area (Å²) in [5, 5.41) is 16.0. The molecule has 2 amide bonds. The average Bonchev–Trinajstić information content (AvgIpc) is 2.80. The van der Waals surface area contributed by atoms with Gasteiger partial charge in [-0.25, -0.2) is 4.79 Å². The third-order valence-electron chi connectivity index (χ3n) is 4.05. The largest absolute Gasteiger partial charge is 0.388 e. The molecule has 0 aromatic carbocycles. The third-order valence-corrected chi connectivity index (χ3v) is 4.05. The first kappa shape index (κ1) is 12.7. The minimum absolute atomic E-state index is 0.115. The number of urea groups is 1. The van der Waals surface area contributed by atoms with Gasteiger partial charge in [0.15, 0.2) is 0 Å². The van der Waals surface area contributed by atoms with Crippen LogP contribution in [0.3, 0.4) is 0 Å². The molecule has 2 saturated carbocycles. The van der Waals surface area contributed by atoms with Gasteiger partial charge in [0.1, 0.15) is 0 Å². The predicted molar refractivity (Wildman–Crippen MR) is 66.8 cm³/mol. The van der Waals surface area contributed by atoms with Crippen LogP contribution in [0.4, 0.5) is 4.79 Å². The molecule has 0 atom stereocenters. The number of hydrogen-bond donors (Lipinski definition) is 3. The molecule has 3 N–H and O–H groups in total. The summed E-state index contributed by atoms with van der Waals surface area (Å²) >= 11 is 0. The van der Waals surface area contributed by atoms with Gasteiger partial charge < -0.3 is 15.7 Å². The fraction of sp³-hybridized carbons (Fsp3) is 0.923. The molecule has 98 valence electrons. The lowest BCUT2D eigenvalue weighted by Gasteiger charge is -2.32. The van der Waals surface area contributed by atoms with Crippen LogP contribution in [0.25, 0.3) is 0 Å². The molecule has 0 saturated heterocycles. The Morgan fingerprint density at radius 3 is 2.41 bits per heavy atom. The van der Waals surface area contributed by atoms with Crippen molar-refractivity contribution in [2.75, 3.05) is 6.54 Å². The number of rotatable bonds is 3. The van der Waals surface area contributed by atoms with Crippen molar-refractivity contribution in [2.24, 2.45) is 0 Å². The maximum Gasteiger partial charge on any atom is 0.315 e. The Morgan fingerprint density at radius 2 is 1.76 bits per heavy atom. The maximum absolute atomic E-state index is 11.7. The summed E-state index contributed by atoms with van der Waals surface area (Å²) in [5.41, 5.74) is -0.661. The number of carbonyl (C=O) groups is 1. The third kappa shape index (κ3) is 3.87. The van der Waals surface area contributed by atoms with Gasteiger partial charge in [-0.3, -0.25) is 0 Å². The maximum atomic E-state index is 11.7. The van der Waals surface area contributed by atoms with E-state index < -0.39 is 5.60 Å². The lowest BCUT2D eigenvalue weighted by Crippen LogP contribution is -2.49. The van der Waals surface area contributed by atoms with Gasteiger partial charge in [0.2, 0.25) is 0 Å². The van der Waals surface area contributed by atoms with Gasteiger partial charge in [0, 0.05) is 12.6 Å². The Kier molecular flexibility index (Phi) is 4.26. The number of hydrogen-bond acceptors (Lipinski definition) is 2. The first-order chi connectivity index (χ1) is 8.18. The fourth-order valence-electron chi connectivity index (χ4n) is 2.94. The molecule has 0 bridgehead atoms. The highest BCUT2D eigenvalue weighted by Crippen LogP contribution is 2.27. The summed E-state index contributed by atoms with van der Waals surface area (Å²) in [4.78, 5) is 11.7. The highest BCUT2D eigenvalue weighted by atomic mass is 16.3. The van der Waals surface area contributed by atoms with E-state index in [1.807, 2.05) is 0 Å². The van der Waals surface area contributed by atoms with E-state index in [0.717, 1.165) is 38.5 Å². The van der Waals surface area contributed by atoms with E-state index in [0.29, 0.717) is 12.6 Å². The second-order valence-corrected chi connectivity index (χ2v) is 5.59. The topological polar surface area (TPSA) is 61.4 Å². The quantitative estimate of drug-likeness (QED) is 0.706. The van der Waals surface area contributed by atoms with Crippen molar-refractivity contribution in [2.45, 2.75) is 69.4 Å². The van der Waals surface area contributed by atoms with Crippen LogP contribution >= 0.6 is 0 Å². The summed E-state index contributed by atoms with van der Waals surface area (Å²) in [6.07, 6.45) is 9.61. The summed E-state index contributed by atoms with van der Waals surface area (Å²) in [5.74, 6) is 0. The molecule has 4 nitrogen and oxygen atoms in total. The molecule has 0 unspecified atom stereocenters. The van der Waals surface area contributed by atoms with Crippen LogP contribution in [0.5, 0.6) is 0 Å². The summed E-state index contributed by atoms with van der Waals surface area (Å²) in [6, 6.07) is 0.229. The number of carbonyl (C=O) groups excluding carboxylic acids is 1. The van der Waals surface area contributed by atoms with Crippen LogP contribution < -0.4 is 10.6 Å². The minimum atomic E-state index is -0.661. The summed E-state index contributed by atoms with van der Waals surface area (Å²) < 4.78 is 0. The highest BCUT2D eigenvalue weighted by molar-refractivity contribution is 5.74. The summed E-state index contributed by atoms with van der Waals surface area (Å²) in [6.45, 7) is 0.394. The van der Waals surface area contributed by atoms with Crippen LogP contribution in [0.15, 0.2) is 0 Å². The Labute approximate surface area is 103 Å². The van der Waals surface area contributed by atoms with E-state index in [1.165, 1.54) is 19.3 Å². The smallest absolute Gasteiger partial charge is 0.315 e. The second-order valence-electron chi connectivity index (χ2n) is 5.59. The predicted octanol–water partition coefficient (Wildman–Crippen LogP) is 1.92. The SMILES string of the molecule is O=C(NCC1(O)CCCCC1)NC1CCCC1. The molecule has 17 heavy (non-hydrogen) atoms. The van der Waals surface area contributed by atoms with Gasteiger partial charge in [-0.15, -0.1) is 0 Å². The normalized spacial score (nSPS) is 24.5. The van der Waals surface area contributed by atoms with Crippen molar-refractivity contribution < 1.29 is 9.90 Å². The van der Waals surface area contributed by atoms with Crippen LogP contribution in [0, 0.1) is 0 Å². The second kappa shape index (κ2) is 5.71. The van der Waals surface area contributed by atoms with Crippen molar-refractivity contribution in [3.05, 3.63) is 0 Å². The zero-order valence-electron chi connectivity index (χ0n) is 10.5. The van der Waals surface area contributed by atoms with Crippen LogP contribution in [-0.4, -0.2) is 29.3 Å². The molecule has 0 heterocycles. The molecule has 0 spiro atoms. The van der Waals surface area contributed by atoms with Gasteiger partial charge in [-0.1, -0.05) is 32.1 Å². The van der Waals surface area contributed by atoms with E-state index >= 15 is 0 Å². The molecule has 2 aliphatic carbocycles.